The van der Waals surface area contributed by atoms with E-state index < -0.39 is 0 Å². The van der Waals surface area contributed by atoms with Crippen LogP contribution < -0.4 is 0 Å². The SMILES string of the molecule is CC1CN([O-])ON1[O-]. The van der Waals surface area contributed by atoms with Gasteiger partial charge in [0.15, 0.2) is 0 Å². The first-order chi connectivity index (χ1) is 3.70. The average molecular weight is 118 g/mol. The first-order valence-electron chi connectivity index (χ1n) is 2.29. The lowest BCUT2D eigenvalue weighted by Gasteiger charge is -2.25. The lowest BCUT2D eigenvalue weighted by molar-refractivity contribution is -0.227. The van der Waals surface area contributed by atoms with E-state index in [0.717, 1.165) is 0 Å². The molecule has 5 nitrogen and oxygen atoms in total. The summed E-state index contributed by atoms with van der Waals surface area (Å²) in [6.07, 6.45) is 0. The van der Waals surface area contributed by atoms with Gasteiger partial charge in [-0.05, 0) is 6.92 Å². The predicted molar refractivity (Wildman–Crippen MR) is 25.8 cm³/mol. The second kappa shape index (κ2) is 1.96. The van der Waals surface area contributed by atoms with E-state index in [4.69, 9.17) is 0 Å². The Balaban J connectivity index is 2.39. The minimum absolute atomic E-state index is 0.128. The number of hydroxylamine groups is 4. The van der Waals surface area contributed by atoms with Crippen LogP contribution in [0.15, 0.2) is 0 Å². The van der Waals surface area contributed by atoms with E-state index in [1.807, 2.05) is 0 Å². The fourth-order valence-electron chi connectivity index (χ4n) is 0.486. The normalized spacial score (nSPS) is 34.1. The Kier molecular flexibility index (Phi) is 1.45. The molecular weight excluding hydrogens is 112 g/mol. The molecule has 1 fully saturated rings. The number of hydrogen-bond donors (Lipinski definition) is 0. The summed E-state index contributed by atoms with van der Waals surface area (Å²) >= 11 is 0. The molecule has 0 amide bonds. The zero-order valence-corrected chi connectivity index (χ0v) is 4.40. The van der Waals surface area contributed by atoms with E-state index in [-0.39, 0.29) is 23.0 Å². The minimum Gasteiger partial charge on any atom is -0.761 e. The molecule has 0 aromatic rings. The smallest absolute Gasteiger partial charge is 0.0350 e. The van der Waals surface area contributed by atoms with Crippen molar-refractivity contribution in [2.24, 2.45) is 0 Å². The third-order valence-corrected chi connectivity index (χ3v) is 0.945. The maximum atomic E-state index is 10.2. The van der Waals surface area contributed by atoms with E-state index in [9.17, 15) is 10.4 Å². The van der Waals surface area contributed by atoms with Gasteiger partial charge in [0.2, 0.25) is 0 Å². The van der Waals surface area contributed by atoms with Gasteiger partial charge in [-0.1, -0.05) is 0 Å². The van der Waals surface area contributed by atoms with Crippen molar-refractivity contribution in [3.63, 3.8) is 0 Å². The molecule has 1 aliphatic heterocycles. The lowest BCUT2D eigenvalue weighted by atomic mass is 10.4. The van der Waals surface area contributed by atoms with Gasteiger partial charge in [0, 0.05) is 12.6 Å². The fraction of sp³-hybridized carbons (Fsp3) is 1.00. The second-order valence-electron chi connectivity index (χ2n) is 1.73. The van der Waals surface area contributed by atoms with Crippen LogP contribution in [-0.4, -0.2) is 23.0 Å². The summed E-state index contributed by atoms with van der Waals surface area (Å²) in [6, 6.07) is -0.340. The molecule has 0 N–H and O–H groups in total. The zero-order chi connectivity index (χ0) is 6.15. The minimum atomic E-state index is -0.340. The number of nitrogens with zero attached hydrogens (tertiary/aromatic N) is 2. The Labute approximate surface area is 46.5 Å². The molecule has 1 heterocycles. The maximum Gasteiger partial charge on any atom is 0.0350 e. The highest BCUT2D eigenvalue weighted by Gasteiger charge is 2.14. The highest BCUT2D eigenvalue weighted by molar-refractivity contribution is 4.67. The molecule has 1 aliphatic rings. The molecule has 0 aliphatic carbocycles. The Bertz CT molecular complexity index is 78.6. The molecule has 1 unspecified atom stereocenters. The zero-order valence-electron chi connectivity index (χ0n) is 4.40. The summed E-state index contributed by atoms with van der Waals surface area (Å²) in [6.45, 7) is 1.74. The van der Waals surface area contributed by atoms with Crippen molar-refractivity contribution in [2.75, 3.05) is 6.54 Å². The molecule has 48 valence electrons. The highest BCUT2D eigenvalue weighted by Crippen LogP contribution is 2.09. The van der Waals surface area contributed by atoms with Crippen molar-refractivity contribution in [1.29, 1.82) is 0 Å². The van der Waals surface area contributed by atoms with Crippen LogP contribution in [0.25, 0.3) is 0 Å². The molecule has 0 aromatic heterocycles. The third kappa shape index (κ3) is 0.960. The molecule has 5 heteroatoms. The van der Waals surface area contributed by atoms with Crippen molar-refractivity contribution in [1.82, 2.24) is 10.5 Å². The Hall–Kier alpha value is -0.200. The van der Waals surface area contributed by atoms with Crippen molar-refractivity contribution in [3.05, 3.63) is 10.4 Å². The van der Waals surface area contributed by atoms with Crippen molar-refractivity contribution in [3.8, 4) is 0 Å². The summed E-state index contributed by atoms with van der Waals surface area (Å²) < 4.78 is 0. The standard InChI is InChI=1S/C3H6N2O3/c1-3-2-4(6)8-5(3)7/h3H,2H2,1H3/q-2. The van der Waals surface area contributed by atoms with E-state index in [1.165, 1.54) is 0 Å². The number of rotatable bonds is 0. The van der Waals surface area contributed by atoms with Crippen molar-refractivity contribution in [2.45, 2.75) is 13.0 Å². The molecule has 0 radical (unpaired) electrons. The van der Waals surface area contributed by atoms with Gasteiger partial charge in [-0.3, -0.25) is 0 Å². The van der Waals surface area contributed by atoms with Crippen LogP contribution in [0.5, 0.6) is 0 Å². The van der Waals surface area contributed by atoms with Crippen LogP contribution in [0.1, 0.15) is 6.92 Å². The molecule has 0 spiro atoms. The monoisotopic (exact) mass is 118 g/mol. The first kappa shape index (κ1) is 5.93. The van der Waals surface area contributed by atoms with Crippen LogP contribution in [0.3, 0.4) is 0 Å². The van der Waals surface area contributed by atoms with Crippen LogP contribution >= 0.6 is 0 Å². The summed E-state index contributed by atoms with van der Waals surface area (Å²) in [4.78, 5) is 4.03. The largest absolute Gasteiger partial charge is 0.761 e. The van der Waals surface area contributed by atoms with Gasteiger partial charge in [-0.25, -0.2) is 15.4 Å². The summed E-state index contributed by atoms with van der Waals surface area (Å²) in [7, 11) is 0. The van der Waals surface area contributed by atoms with Gasteiger partial charge in [0.1, 0.15) is 0 Å². The molecular formula is C3H6N2O3-2. The van der Waals surface area contributed by atoms with E-state index in [1.54, 1.807) is 6.92 Å². The Morgan fingerprint density at radius 1 is 1.62 bits per heavy atom. The summed E-state index contributed by atoms with van der Waals surface area (Å²) in [5, 5.41) is 20.9. The molecule has 1 rings (SSSR count). The van der Waals surface area contributed by atoms with Crippen molar-refractivity contribution < 1.29 is 4.94 Å². The highest BCUT2D eigenvalue weighted by atomic mass is 17.1. The van der Waals surface area contributed by atoms with E-state index in [0.29, 0.717) is 0 Å². The predicted octanol–water partition coefficient (Wildman–Crippen LogP) is -0.165. The van der Waals surface area contributed by atoms with E-state index >= 15 is 0 Å². The molecule has 0 bridgehead atoms. The van der Waals surface area contributed by atoms with Crippen LogP contribution in [0.2, 0.25) is 0 Å². The van der Waals surface area contributed by atoms with Gasteiger partial charge in [-0.2, -0.15) is 0 Å². The molecule has 0 saturated carbocycles. The summed E-state index contributed by atoms with van der Waals surface area (Å²) in [5.74, 6) is 0. The van der Waals surface area contributed by atoms with Crippen LogP contribution in [0, 0.1) is 10.4 Å². The number of hydrogen-bond acceptors (Lipinski definition) is 5. The third-order valence-electron chi connectivity index (χ3n) is 0.945. The van der Waals surface area contributed by atoms with Gasteiger partial charge in [0.05, 0.1) is 0 Å². The fourth-order valence-corrected chi connectivity index (χ4v) is 0.486. The Morgan fingerprint density at radius 3 is 2.38 bits per heavy atom. The van der Waals surface area contributed by atoms with Gasteiger partial charge in [-0.15, -0.1) is 0 Å². The first-order valence-corrected chi connectivity index (χ1v) is 2.29. The summed E-state index contributed by atoms with van der Waals surface area (Å²) in [5.41, 5.74) is 0. The molecule has 8 heavy (non-hydrogen) atoms. The average Bonchev–Trinajstić information content (AvgIpc) is 1.85. The van der Waals surface area contributed by atoms with Gasteiger partial charge >= 0.3 is 0 Å². The molecule has 1 saturated heterocycles. The van der Waals surface area contributed by atoms with Crippen LogP contribution in [0.4, 0.5) is 0 Å². The Morgan fingerprint density at radius 2 is 2.25 bits per heavy atom. The van der Waals surface area contributed by atoms with Crippen LogP contribution in [-0.2, 0) is 4.94 Å². The topological polar surface area (TPSA) is 61.8 Å². The van der Waals surface area contributed by atoms with Gasteiger partial charge in [0.25, 0.3) is 0 Å². The molecule has 0 aromatic carbocycles. The molecule has 1 atom stereocenters. The second-order valence-corrected chi connectivity index (χ2v) is 1.73. The van der Waals surface area contributed by atoms with Crippen molar-refractivity contribution >= 4 is 0 Å². The lowest BCUT2D eigenvalue weighted by Crippen LogP contribution is -2.19. The van der Waals surface area contributed by atoms with E-state index in [2.05, 4.69) is 4.94 Å². The quantitative estimate of drug-likeness (QED) is 0.442. The maximum absolute atomic E-state index is 10.2. The van der Waals surface area contributed by atoms with Gasteiger partial charge < -0.3 is 10.4 Å².